The highest BCUT2D eigenvalue weighted by Crippen LogP contribution is 2.33. The third kappa shape index (κ3) is 8.43. The summed E-state index contributed by atoms with van der Waals surface area (Å²) in [6, 6.07) is 15.9. The smallest absolute Gasteiger partial charge is 0.264 e. The number of carbonyl (C=O) groups excluding carboxylic acids is 2. The maximum atomic E-state index is 14.3. The Morgan fingerprint density at radius 2 is 1.50 bits per heavy atom. The van der Waals surface area contributed by atoms with Gasteiger partial charge in [-0.1, -0.05) is 31.5 Å². The SMILES string of the molecule is CCCCNC(=O)[C@H](C)N(Cc1ccc(OC)cc1)C(=O)CN(c1cc(C)cc(C)c1)S(=O)(=O)c1ccc(OC)c(OC)c1. The first kappa shape index (κ1) is 34.2. The number of aryl methyl sites for hydroxylation is 2. The van der Waals surface area contributed by atoms with Gasteiger partial charge in [0.15, 0.2) is 11.5 Å². The van der Waals surface area contributed by atoms with Crippen LogP contribution in [0.25, 0.3) is 0 Å². The molecule has 238 valence electrons. The molecule has 0 heterocycles. The number of amides is 2. The molecule has 0 aliphatic carbocycles. The van der Waals surface area contributed by atoms with Crippen LogP contribution >= 0.6 is 0 Å². The summed E-state index contributed by atoms with van der Waals surface area (Å²) in [5.41, 5.74) is 2.75. The second-order valence-electron chi connectivity index (χ2n) is 10.6. The Bertz CT molecular complexity index is 1520. The molecule has 3 aromatic rings. The number of nitrogens with one attached hydrogen (secondary N) is 1. The van der Waals surface area contributed by atoms with Gasteiger partial charge in [0.2, 0.25) is 11.8 Å². The Balaban J connectivity index is 2.07. The van der Waals surface area contributed by atoms with Gasteiger partial charge in [-0.2, -0.15) is 0 Å². The lowest BCUT2D eigenvalue weighted by atomic mass is 10.1. The molecule has 44 heavy (non-hydrogen) atoms. The number of methoxy groups -OCH3 is 3. The summed E-state index contributed by atoms with van der Waals surface area (Å²) in [6.45, 7) is 7.41. The molecule has 1 N–H and O–H groups in total. The summed E-state index contributed by atoms with van der Waals surface area (Å²) >= 11 is 0. The molecular weight excluding hydrogens is 582 g/mol. The van der Waals surface area contributed by atoms with Gasteiger partial charge in [0.05, 0.1) is 31.9 Å². The Hall–Kier alpha value is -4.25. The van der Waals surface area contributed by atoms with Gasteiger partial charge < -0.3 is 24.4 Å². The predicted molar refractivity (Wildman–Crippen MR) is 171 cm³/mol. The van der Waals surface area contributed by atoms with Crippen LogP contribution in [0.4, 0.5) is 5.69 Å². The van der Waals surface area contributed by atoms with Gasteiger partial charge in [0.1, 0.15) is 18.3 Å². The first-order valence-electron chi connectivity index (χ1n) is 14.5. The number of sulfonamides is 1. The van der Waals surface area contributed by atoms with Crippen molar-refractivity contribution in [1.29, 1.82) is 0 Å². The van der Waals surface area contributed by atoms with E-state index in [1.807, 2.05) is 39.0 Å². The molecule has 0 aromatic heterocycles. The van der Waals surface area contributed by atoms with Crippen molar-refractivity contribution < 1.29 is 32.2 Å². The third-order valence-corrected chi connectivity index (χ3v) is 8.99. The maximum absolute atomic E-state index is 14.3. The van der Waals surface area contributed by atoms with Crippen molar-refractivity contribution in [2.75, 3.05) is 38.7 Å². The minimum atomic E-state index is -4.29. The van der Waals surface area contributed by atoms with Crippen LogP contribution in [0, 0.1) is 13.8 Å². The standard InChI is InChI=1S/C33H43N3O7S/c1-8-9-16-34-33(38)25(4)35(21-26-10-12-28(41-5)13-11-26)32(37)22-36(27-18-23(2)17-24(3)19-27)44(39,40)29-14-15-30(42-6)31(20-29)43-7/h10-15,17-20,25H,8-9,16,21-22H2,1-7H3,(H,34,38)/t25-/m0/s1. The number of hydrogen-bond acceptors (Lipinski definition) is 7. The van der Waals surface area contributed by atoms with Crippen LogP contribution in [0.1, 0.15) is 43.4 Å². The van der Waals surface area contributed by atoms with Crippen molar-refractivity contribution in [3.8, 4) is 17.2 Å². The Morgan fingerprint density at radius 1 is 0.864 bits per heavy atom. The van der Waals surface area contributed by atoms with Gasteiger partial charge >= 0.3 is 0 Å². The summed E-state index contributed by atoms with van der Waals surface area (Å²) in [4.78, 5) is 28.7. The molecule has 0 bridgehead atoms. The summed E-state index contributed by atoms with van der Waals surface area (Å²) in [6.07, 6.45) is 1.71. The number of unbranched alkanes of at least 4 members (excludes halogenated alkanes) is 1. The van der Waals surface area contributed by atoms with Crippen LogP contribution in [-0.4, -0.2) is 65.6 Å². The van der Waals surface area contributed by atoms with Crippen molar-refractivity contribution in [2.24, 2.45) is 0 Å². The lowest BCUT2D eigenvalue weighted by molar-refractivity contribution is -0.139. The van der Waals surface area contributed by atoms with Crippen molar-refractivity contribution in [1.82, 2.24) is 10.2 Å². The van der Waals surface area contributed by atoms with Gasteiger partial charge in [0.25, 0.3) is 10.0 Å². The molecule has 0 fully saturated rings. The van der Waals surface area contributed by atoms with Gasteiger partial charge in [0, 0.05) is 19.2 Å². The number of ether oxygens (including phenoxy) is 3. The highest BCUT2D eigenvalue weighted by molar-refractivity contribution is 7.92. The van der Waals surface area contributed by atoms with E-state index in [1.54, 1.807) is 38.3 Å². The van der Waals surface area contributed by atoms with E-state index in [2.05, 4.69) is 5.32 Å². The predicted octanol–water partition coefficient (Wildman–Crippen LogP) is 4.86. The molecule has 2 amide bonds. The fourth-order valence-electron chi connectivity index (χ4n) is 4.77. The molecule has 11 heteroatoms. The zero-order valence-corrected chi connectivity index (χ0v) is 27.4. The average molecular weight is 626 g/mol. The second-order valence-corrected chi connectivity index (χ2v) is 12.4. The summed E-state index contributed by atoms with van der Waals surface area (Å²) in [7, 11) is 0.159. The molecule has 0 saturated heterocycles. The first-order valence-corrected chi connectivity index (χ1v) is 15.9. The topological polar surface area (TPSA) is 114 Å². The molecule has 0 saturated carbocycles. The minimum Gasteiger partial charge on any atom is -0.497 e. The summed E-state index contributed by atoms with van der Waals surface area (Å²) < 4.78 is 45.5. The molecule has 3 rings (SSSR count). The quantitative estimate of drug-likeness (QED) is 0.240. The molecule has 3 aromatic carbocycles. The van der Waals surface area contributed by atoms with E-state index in [9.17, 15) is 18.0 Å². The summed E-state index contributed by atoms with van der Waals surface area (Å²) in [5, 5.41) is 2.89. The zero-order valence-electron chi connectivity index (χ0n) is 26.5. The lowest BCUT2D eigenvalue weighted by Gasteiger charge is -2.32. The molecule has 0 aliphatic heterocycles. The van der Waals surface area contributed by atoms with E-state index < -0.39 is 28.5 Å². The number of nitrogens with zero attached hydrogens (tertiary/aromatic N) is 2. The van der Waals surface area contributed by atoms with Crippen molar-refractivity contribution in [3.63, 3.8) is 0 Å². The number of benzene rings is 3. The molecule has 0 aliphatic rings. The highest BCUT2D eigenvalue weighted by atomic mass is 32.2. The second kappa shape index (κ2) is 15.5. The van der Waals surface area contributed by atoms with Gasteiger partial charge in [-0.15, -0.1) is 0 Å². The molecule has 0 spiro atoms. The summed E-state index contributed by atoms with van der Waals surface area (Å²) in [5.74, 6) is 0.398. The third-order valence-electron chi connectivity index (χ3n) is 7.23. The molecule has 0 radical (unpaired) electrons. The van der Waals surface area contributed by atoms with Crippen molar-refractivity contribution in [3.05, 3.63) is 77.4 Å². The van der Waals surface area contributed by atoms with E-state index in [1.165, 1.54) is 37.3 Å². The number of carbonyl (C=O) groups is 2. The molecule has 1 atom stereocenters. The van der Waals surface area contributed by atoms with Crippen molar-refractivity contribution in [2.45, 2.75) is 58.0 Å². The van der Waals surface area contributed by atoms with E-state index in [0.717, 1.165) is 33.8 Å². The fourth-order valence-corrected chi connectivity index (χ4v) is 6.19. The van der Waals surface area contributed by atoms with E-state index in [-0.39, 0.29) is 23.1 Å². The van der Waals surface area contributed by atoms with Gasteiger partial charge in [-0.25, -0.2) is 8.42 Å². The molecule has 0 unspecified atom stereocenters. The largest absolute Gasteiger partial charge is 0.497 e. The van der Waals surface area contributed by atoms with Crippen molar-refractivity contribution >= 4 is 27.5 Å². The first-order chi connectivity index (χ1) is 20.9. The average Bonchev–Trinajstić information content (AvgIpc) is 3.01. The van der Waals surface area contributed by atoms with E-state index >= 15 is 0 Å². The molecule has 10 nitrogen and oxygen atoms in total. The Labute approximate surface area is 261 Å². The highest BCUT2D eigenvalue weighted by Gasteiger charge is 2.33. The number of rotatable bonds is 15. The Kier molecular flexibility index (Phi) is 12.0. The van der Waals surface area contributed by atoms with Crippen LogP contribution in [-0.2, 0) is 26.2 Å². The monoisotopic (exact) mass is 625 g/mol. The van der Waals surface area contributed by atoms with Crippen LogP contribution in [0.3, 0.4) is 0 Å². The van der Waals surface area contributed by atoms with Gasteiger partial charge in [-0.3, -0.25) is 13.9 Å². The lowest BCUT2D eigenvalue weighted by Crippen LogP contribution is -2.51. The van der Waals surface area contributed by atoms with E-state index in [4.69, 9.17) is 14.2 Å². The van der Waals surface area contributed by atoms with Crippen LogP contribution in [0.5, 0.6) is 17.2 Å². The number of hydrogen-bond donors (Lipinski definition) is 1. The minimum absolute atomic E-state index is 0.0748. The number of anilines is 1. The fraction of sp³-hybridized carbons (Fsp3) is 0.394. The van der Waals surface area contributed by atoms with Gasteiger partial charge in [-0.05, 0) is 80.3 Å². The molecular formula is C33H43N3O7S. The van der Waals surface area contributed by atoms with Crippen LogP contribution in [0.15, 0.2) is 65.6 Å². The van der Waals surface area contributed by atoms with Crippen LogP contribution < -0.4 is 23.8 Å². The normalized spacial score (nSPS) is 11.8. The maximum Gasteiger partial charge on any atom is 0.264 e. The Morgan fingerprint density at radius 3 is 2.07 bits per heavy atom. The van der Waals surface area contributed by atoms with E-state index in [0.29, 0.717) is 23.7 Å². The zero-order chi connectivity index (χ0) is 32.4. The van der Waals surface area contributed by atoms with Crippen LogP contribution in [0.2, 0.25) is 0 Å².